The second-order valence-electron chi connectivity index (χ2n) is 4.26. The van der Waals surface area contributed by atoms with Crippen molar-refractivity contribution < 1.29 is 0 Å². The van der Waals surface area contributed by atoms with Gasteiger partial charge in [-0.15, -0.1) is 0 Å². The summed E-state index contributed by atoms with van der Waals surface area (Å²) in [6, 6.07) is 5.90. The van der Waals surface area contributed by atoms with Gasteiger partial charge in [-0.1, -0.05) is 19.1 Å². The Balaban J connectivity index is 2.52. The van der Waals surface area contributed by atoms with Crippen LogP contribution in [-0.2, 0) is 13.5 Å². The van der Waals surface area contributed by atoms with Gasteiger partial charge in [0.1, 0.15) is 0 Å². The molecule has 0 saturated heterocycles. The van der Waals surface area contributed by atoms with Crippen LogP contribution in [0.2, 0.25) is 0 Å². The summed E-state index contributed by atoms with van der Waals surface area (Å²) in [6.07, 6.45) is 1.95. The van der Waals surface area contributed by atoms with Gasteiger partial charge in [0.05, 0.1) is 0 Å². The van der Waals surface area contributed by atoms with Crippen molar-refractivity contribution in [3.05, 3.63) is 29.6 Å². The number of nitrogen functional groups attached to an aromatic ring is 1. The van der Waals surface area contributed by atoms with Crippen molar-refractivity contribution in [2.75, 3.05) is 5.73 Å². The molecule has 0 aliphatic rings. The monoisotopic (exact) mass is 230 g/mol. The summed E-state index contributed by atoms with van der Waals surface area (Å²) < 4.78 is 1.81. The van der Waals surface area contributed by atoms with Crippen molar-refractivity contribution >= 4 is 5.69 Å². The van der Waals surface area contributed by atoms with Crippen LogP contribution in [0, 0.1) is 6.92 Å². The summed E-state index contributed by atoms with van der Waals surface area (Å²) in [6.45, 7) is 4.16. The van der Waals surface area contributed by atoms with Gasteiger partial charge in [0.15, 0.2) is 11.6 Å². The van der Waals surface area contributed by atoms with E-state index in [0.29, 0.717) is 0 Å². The van der Waals surface area contributed by atoms with Gasteiger partial charge in [-0.25, -0.2) is 9.67 Å². The van der Waals surface area contributed by atoms with E-state index in [0.717, 1.165) is 41.3 Å². The fraction of sp³-hybridized carbons (Fsp3) is 0.385. The molecule has 0 amide bonds. The normalized spacial score (nSPS) is 10.8. The Hall–Kier alpha value is -1.84. The first kappa shape index (κ1) is 11.6. The average molecular weight is 230 g/mol. The van der Waals surface area contributed by atoms with Crippen molar-refractivity contribution in [1.29, 1.82) is 0 Å². The molecular weight excluding hydrogens is 212 g/mol. The number of rotatable bonds is 3. The Morgan fingerprint density at radius 1 is 1.35 bits per heavy atom. The first-order chi connectivity index (χ1) is 8.13. The summed E-state index contributed by atoms with van der Waals surface area (Å²) in [5.74, 6) is 1.73. The topological polar surface area (TPSA) is 56.7 Å². The molecule has 0 bridgehead atoms. The van der Waals surface area contributed by atoms with E-state index in [9.17, 15) is 0 Å². The third-order valence-corrected chi connectivity index (χ3v) is 2.81. The van der Waals surface area contributed by atoms with Gasteiger partial charge >= 0.3 is 0 Å². The maximum Gasteiger partial charge on any atom is 0.160 e. The number of aromatic nitrogens is 3. The standard InChI is InChI=1S/C13H18N4/c1-4-6-11-15-13(17(3)16-11)12-9(2)7-5-8-10(12)14/h5,7-8H,4,6,14H2,1-3H3. The van der Waals surface area contributed by atoms with Crippen LogP contribution in [0.4, 0.5) is 5.69 Å². The molecule has 0 atom stereocenters. The number of nitrogens with zero attached hydrogens (tertiary/aromatic N) is 3. The fourth-order valence-electron chi connectivity index (χ4n) is 1.98. The largest absolute Gasteiger partial charge is 0.398 e. The van der Waals surface area contributed by atoms with Gasteiger partial charge in [0.25, 0.3) is 0 Å². The van der Waals surface area contributed by atoms with Crippen molar-refractivity contribution in [2.45, 2.75) is 26.7 Å². The zero-order valence-corrected chi connectivity index (χ0v) is 10.6. The van der Waals surface area contributed by atoms with E-state index in [-0.39, 0.29) is 0 Å². The van der Waals surface area contributed by atoms with Crippen LogP contribution in [0.5, 0.6) is 0 Å². The molecule has 2 aromatic rings. The van der Waals surface area contributed by atoms with Gasteiger partial charge in [-0.2, -0.15) is 5.10 Å². The molecule has 0 spiro atoms. The highest BCUT2D eigenvalue weighted by molar-refractivity contribution is 5.74. The minimum absolute atomic E-state index is 0.753. The van der Waals surface area contributed by atoms with Crippen LogP contribution in [0.15, 0.2) is 18.2 Å². The SMILES string of the molecule is CCCc1nc(-c2c(C)cccc2N)n(C)n1. The molecule has 2 rings (SSSR count). The van der Waals surface area contributed by atoms with E-state index in [1.165, 1.54) is 0 Å². The predicted octanol–water partition coefficient (Wildman–Crippen LogP) is 2.33. The van der Waals surface area contributed by atoms with Crippen LogP contribution in [0.3, 0.4) is 0 Å². The highest BCUT2D eigenvalue weighted by Gasteiger charge is 2.13. The average Bonchev–Trinajstić information content (AvgIpc) is 2.60. The molecule has 1 heterocycles. The van der Waals surface area contributed by atoms with Crippen LogP contribution >= 0.6 is 0 Å². The Kier molecular flexibility index (Phi) is 3.13. The molecule has 0 radical (unpaired) electrons. The maximum absolute atomic E-state index is 6.02. The quantitative estimate of drug-likeness (QED) is 0.823. The van der Waals surface area contributed by atoms with E-state index in [1.54, 1.807) is 0 Å². The second-order valence-corrected chi connectivity index (χ2v) is 4.26. The number of anilines is 1. The van der Waals surface area contributed by atoms with Crippen LogP contribution < -0.4 is 5.73 Å². The Morgan fingerprint density at radius 3 is 2.76 bits per heavy atom. The molecule has 0 fully saturated rings. The van der Waals surface area contributed by atoms with Crippen LogP contribution in [0.25, 0.3) is 11.4 Å². The van der Waals surface area contributed by atoms with Gasteiger partial charge in [0, 0.05) is 24.7 Å². The molecule has 0 aliphatic heterocycles. The molecule has 0 aliphatic carbocycles. The Bertz CT molecular complexity index is 508. The minimum atomic E-state index is 0.753. The summed E-state index contributed by atoms with van der Waals surface area (Å²) in [5, 5.41) is 4.41. The maximum atomic E-state index is 6.02. The summed E-state index contributed by atoms with van der Waals surface area (Å²) in [7, 11) is 1.91. The number of nitrogens with two attached hydrogens (primary N) is 1. The smallest absolute Gasteiger partial charge is 0.160 e. The highest BCUT2D eigenvalue weighted by Crippen LogP contribution is 2.27. The summed E-state index contributed by atoms with van der Waals surface area (Å²) >= 11 is 0. The summed E-state index contributed by atoms with van der Waals surface area (Å²) in [5.41, 5.74) is 8.90. The van der Waals surface area contributed by atoms with E-state index < -0.39 is 0 Å². The second kappa shape index (κ2) is 4.57. The van der Waals surface area contributed by atoms with E-state index >= 15 is 0 Å². The number of hydrogen-bond acceptors (Lipinski definition) is 3. The molecule has 4 nitrogen and oxygen atoms in total. The lowest BCUT2D eigenvalue weighted by molar-refractivity contribution is 0.737. The van der Waals surface area contributed by atoms with Crippen molar-refractivity contribution in [1.82, 2.24) is 14.8 Å². The van der Waals surface area contributed by atoms with Crippen molar-refractivity contribution in [3.8, 4) is 11.4 Å². The Morgan fingerprint density at radius 2 is 2.12 bits per heavy atom. The van der Waals surface area contributed by atoms with E-state index in [4.69, 9.17) is 5.73 Å². The minimum Gasteiger partial charge on any atom is -0.398 e. The van der Waals surface area contributed by atoms with E-state index in [1.807, 2.05) is 36.9 Å². The molecule has 0 unspecified atom stereocenters. The molecule has 17 heavy (non-hydrogen) atoms. The highest BCUT2D eigenvalue weighted by atomic mass is 15.3. The van der Waals surface area contributed by atoms with Gasteiger partial charge in [-0.3, -0.25) is 0 Å². The predicted molar refractivity (Wildman–Crippen MR) is 69.6 cm³/mol. The fourth-order valence-corrected chi connectivity index (χ4v) is 1.98. The lowest BCUT2D eigenvalue weighted by Gasteiger charge is -2.07. The van der Waals surface area contributed by atoms with E-state index in [2.05, 4.69) is 17.0 Å². The van der Waals surface area contributed by atoms with Crippen LogP contribution in [-0.4, -0.2) is 14.8 Å². The number of benzene rings is 1. The number of aryl methyl sites for hydroxylation is 3. The molecule has 0 saturated carbocycles. The van der Waals surface area contributed by atoms with Gasteiger partial charge in [-0.05, 0) is 25.0 Å². The zero-order valence-electron chi connectivity index (χ0n) is 10.6. The zero-order chi connectivity index (χ0) is 12.4. The first-order valence-corrected chi connectivity index (χ1v) is 5.88. The van der Waals surface area contributed by atoms with Crippen LogP contribution in [0.1, 0.15) is 24.7 Å². The molecule has 90 valence electrons. The first-order valence-electron chi connectivity index (χ1n) is 5.88. The van der Waals surface area contributed by atoms with Crippen molar-refractivity contribution in [3.63, 3.8) is 0 Å². The van der Waals surface area contributed by atoms with Crippen molar-refractivity contribution in [2.24, 2.45) is 7.05 Å². The van der Waals surface area contributed by atoms with Gasteiger partial charge in [0.2, 0.25) is 0 Å². The molecule has 1 aromatic heterocycles. The summed E-state index contributed by atoms with van der Waals surface area (Å²) in [4.78, 5) is 4.56. The number of hydrogen-bond donors (Lipinski definition) is 1. The molecular formula is C13H18N4. The lowest BCUT2D eigenvalue weighted by atomic mass is 10.1. The molecule has 2 N–H and O–H groups in total. The molecule has 4 heteroatoms. The lowest BCUT2D eigenvalue weighted by Crippen LogP contribution is -1.99. The third kappa shape index (κ3) is 2.16. The van der Waals surface area contributed by atoms with Gasteiger partial charge < -0.3 is 5.73 Å². The third-order valence-electron chi connectivity index (χ3n) is 2.81. The molecule has 1 aromatic carbocycles. The Labute approximate surface area is 101 Å².